The minimum Gasteiger partial charge on any atom is -0.497 e. The zero-order chi connectivity index (χ0) is 17.1. The number of aromatic nitrogens is 1. The second-order valence-electron chi connectivity index (χ2n) is 5.45. The smallest absolute Gasteiger partial charge is 0.173 e. The molecule has 0 unspecified atom stereocenters. The lowest BCUT2D eigenvalue weighted by Crippen LogP contribution is -2.50. The number of pyridine rings is 1. The van der Waals surface area contributed by atoms with Gasteiger partial charge in [-0.25, -0.2) is 0 Å². The van der Waals surface area contributed by atoms with E-state index in [0.717, 1.165) is 11.3 Å². The van der Waals surface area contributed by atoms with Gasteiger partial charge < -0.3 is 24.8 Å². The molecule has 0 radical (unpaired) electrons. The van der Waals surface area contributed by atoms with Crippen molar-refractivity contribution in [2.45, 2.75) is 23.7 Å². The van der Waals surface area contributed by atoms with E-state index in [1.165, 1.54) is 11.8 Å². The van der Waals surface area contributed by atoms with Crippen LogP contribution in [0.1, 0.15) is 0 Å². The van der Waals surface area contributed by atoms with Gasteiger partial charge in [-0.05, 0) is 36.4 Å². The van der Waals surface area contributed by atoms with Crippen molar-refractivity contribution in [2.24, 2.45) is 0 Å². The van der Waals surface area contributed by atoms with E-state index < -0.39 is 23.7 Å². The average molecular weight is 349 g/mol. The summed E-state index contributed by atoms with van der Waals surface area (Å²) >= 11 is 1.26. The van der Waals surface area contributed by atoms with Crippen molar-refractivity contribution in [1.29, 1.82) is 0 Å². The van der Waals surface area contributed by atoms with Gasteiger partial charge in [-0.3, -0.25) is 4.98 Å². The van der Waals surface area contributed by atoms with Crippen LogP contribution in [0.3, 0.4) is 0 Å². The Balaban J connectivity index is 1.84. The second kappa shape index (κ2) is 7.40. The van der Waals surface area contributed by atoms with Crippen molar-refractivity contribution in [1.82, 2.24) is 4.98 Å². The van der Waals surface area contributed by atoms with E-state index in [0.29, 0.717) is 17.2 Å². The average Bonchev–Trinajstić information content (AvgIpc) is 2.63. The van der Waals surface area contributed by atoms with Crippen molar-refractivity contribution in [3.63, 3.8) is 0 Å². The molecule has 1 aliphatic rings. The number of aliphatic hydroxyl groups is 3. The van der Waals surface area contributed by atoms with Gasteiger partial charge in [0.05, 0.1) is 13.2 Å². The van der Waals surface area contributed by atoms with Gasteiger partial charge in [-0.15, -0.1) is 11.8 Å². The lowest BCUT2D eigenvalue weighted by molar-refractivity contribution is -0.0785. The molecule has 0 spiro atoms. The zero-order valence-corrected chi connectivity index (χ0v) is 13.9. The van der Waals surface area contributed by atoms with Crippen LogP contribution in [0.2, 0.25) is 0 Å². The maximum Gasteiger partial charge on any atom is 0.173 e. The Hall–Kier alpha value is -1.80. The standard InChI is InChI=1S/C17H19NO5S/c1-22-11-6-4-10(5-7-11)14-13(3-2-8-18-14)23-17-16(21)15(20)12(19)9-24-17/h2-8,12,15-17,19-21H,9H2,1H3/t12-,15+,16-,17+/m1/s1. The first-order valence-electron chi connectivity index (χ1n) is 7.52. The largest absolute Gasteiger partial charge is 0.497 e. The summed E-state index contributed by atoms with van der Waals surface area (Å²) in [5.41, 5.74) is 0.806. The van der Waals surface area contributed by atoms with Crippen LogP contribution in [0.4, 0.5) is 0 Å². The number of aliphatic hydroxyl groups excluding tert-OH is 3. The molecule has 1 fully saturated rings. The number of ether oxygens (including phenoxy) is 2. The van der Waals surface area contributed by atoms with Crippen molar-refractivity contribution in [2.75, 3.05) is 12.9 Å². The van der Waals surface area contributed by atoms with Gasteiger partial charge in [-0.2, -0.15) is 0 Å². The highest BCUT2D eigenvalue weighted by Gasteiger charge is 2.38. The van der Waals surface area contributed by atoms with Crippen LogP contribution in [-0.2, 0) is 0 Å². The van der Waals surface area contributed by atoms with Crippen LogP contribution in [0.5, 0.6) is 11.5 Å². The van der Waals surface area contributed by atoms with Gasteiger partial charge in [0, 0.05) is 17.5 Å². The number of hydrogen-bond donors (Lipinski definition) is 3. The third kappa shape index (κ3) is 3.49. The Morgan fingerprint density at radius 1 is 1.08 bits per heavy atom. The Labute approximate surface area is 144 Å². The van der Waals surface area contributed by atoms with E-state index in [9.17, 15) is 15.3 Å². The van der Waals surface area contributed by atoms with Crippen LogP contribution in [0.15, 0.2) is 42.6 Å². The van der Waals surface area contributed by atoms with Gasteiger partial charge in [-0.1, -0.05) is 0 Å². The summed E-state index contributed by atoms with van der Waals surface area (Å²) in [6.07, 6.45) is -1.70. The van der Waals surface area contributed by atoms with Gasteiger partial charge in [0.2, 0.25) is 0 Å². The van der Waals surface area contributed by atoms with Crippen LogP contribution >= 0.6 is 11.8 Å². The molecule has 3 rings (SSSR count). The molecule has 0 saturated carbocycles. The van der Waals surface area contributed by atoms with Crippen LogP contribution in [0, 0.1) is 0 Å². The molecule has 128 valence electrons. The molecule has 7 heteroatoms. The molecule has 24 heavy (non-hydrogen) atoms. The molecular formula is C17H19NO5S. The summed E-state index contributed by atoms with van der Waals surface area (Å²) in [5, 5.41) is 29.5. The van der Waals surface area contributed by atoms with Crippen LogP contribution in [-0.4, -0.2) is 56.9 Å². The van der Waals surface area contributed by atoms with Crippen LogP contribution < -0.4 is 9.47 Å². The summed E-state index contributed by atoms with van der Waals surface area (Å²) in [6, 6.07) is 10.9. The number of hydrogen-bond acceptors (Lipinski definition) is 7. The van der Waals surface area contributed by atoms with Gasteiger partial charge in [0.15, 0.2) is 5.44 Å². The molecule has 6 nitrogen and oxygen atoms in total. The molecule has 1 saturated heterocycles. The fraction of sp³-hybridized carbons (Fsp3) is 0.353. The number of thioether (sulfide) groups is 1. The lowest BCUT2D eigenvalue weighted by atomic mass is 10.1. The molecule has 1 aromatic carbocycles. The number of nitrogens with zero attached hydrogens (tertiary/aromatic N) is 1. The molecule has 0 amide bonds. The fourth-order valence-corrected chi connectivity index (χ4v) is 3.57. The van der Waals surface area contributed by atoms with Crippen molar-refractivity contribution in [3.8, 4) is 22.8 Å². The van der Waals surface area contributed by atoms with E-state index in [2.05, 4.69) is 4.98 Å². The zero-order valence-electron chi connectivity index (χ0n) is 13.1. The third-order valence-electron chi connectivity index (χ3n) is 3.83. The lowest BCUT2D eigenvalue weighted by Gasteiger charge is -2.34. The first-order chi connectivity index (χ1) is 11.6. The molecule has 2 heterocycles. The highest BCUT2D eigenvalue weighted by molar-refractivity contribution is 7.99. The Morgan fingerprint density at radius 3 is 2.54 bits per heavy atom. The summed E-state index contributed by atoms with van der Waals surface area (Å²) in [5.74, 6) is 1.54. The summed E-state index contributed by atoms with van der Waals surface area (Å²) < 4.78 is 11.0. The Morgan fingerprint density at radius 2 is 1.83 bits per heavy atom. The quantitative estimate of drug-likeness (QED) is 0.766. The Bertz CT molecular complexity index is 681. The first kappa shape index (κ1) is 17.0. The third-order valence-corrected chi connectivity index (χ3v) is 5.07. The Kier molecular flexibility index (Phi) is 5.25. The predicted molar refractivity (Wildman–Crippen MR) is 91.1 cm³/mol. The fourth-order valence-electron chi connectivity index (χ4n) is 2.46. The van der Waals surface area contributed by atoms with E-state index in [-0.39, 0.29) is 0 Å². The molecule has 1 aliphatic heterocycles. The molecule has 1 aromatic heterocycles. The molecule has 3 N–H and O–H groups in total. The molecular weight excluding hydrogens is 330 g/mol. The summed E-state index contributed by atoms with van der Waals surface area (Å²) in [6.45, 7) is 0. The maximum atomic E-state index is 10.1. The maximum absolute atomic E-state index is 10.1. The summed E-state index contributed by atoms with van der Waals surface area (Å²) in [4.78, 5) is 4.36. The van der Waals surface area contributed by atoms with E-state index >= 15 is 0 Å². The van der Waals surface area contributed by atoms with Crippen molar-refractivity contribution in [3.05, 3.63) is 42.6 Å². The number of rotatable bonds is 4. The van der Waals surface area contributed by atoms with Gasteiger partial charge >= 0.3 is 0 Å². The SMILES string of the molecule is COc1ccc(-c2ncccc2O[C@H]2SC[C@@H](O)[C@H](O)[C@H]2O)cc1. The predicted octanol–water partition coefficient (Wildman–Crippen LogP) is 1.29. The second-order valence-corrected chi connectivity index (χ2v) is 6.58. The molecule has 2 aromatic rings. The first-order valence-corrected chi connectivity index (χ1v) is 8.57. The molecule has 0 aliphatic carbocycles. The minimum atomic E-state index is -1.22. The summed E-state index contributed by atoms with van der Waals surface area (Å²) in [7, 11) is 1.60. The van der Waals surface area contributed by atoms with Gasteiger partial charge in [0.1, 0.15) is 29.4 Å². The normalized spacial score (nSPS) is 26.8. The van der Waals surface area contributed by atoms with Crippen molar-refractivity contribution >= 4 is 11.8 Å². The van der Waals surface area contributed by atoms with E-state index in [4.69, 9.17) is 9.47 Å². The molecule has 0 bridgehead atoms. The monoisotopic (exact) mass is 349 g/mol. The minimum absolute atomic E-state index is 0.293. The van der Waals surface area contributed by atoms with Crippen molar-refractivity contribution < 1.29 is 24.8 Å². The molecule has 4 atom stereocenters. The topological polar surface area (TPSA) is 92.0 Å². The highest BCUT2D eigenvalue weighted by Crippen LogP contribution is 2.34. The number of benzene rings is 1. The van der Waals surface area contributed by atoms with E-state index in [1.807, 2.05) is 24.3 Å². The van der Waals surface area contributed by atoms with Crippen LogP contribution in [0.25, 0.3) is 11.3 Å². The number of methoxy groups -OCH3 is 1. The van der Waals surface area contributed by atoms with Gasteiger partial charge in [0.25, 0.3) is 0 Å². The van der Waals surface area contributed by atoms with E-state index in [1.54, 1.807) is 25.4 Å². The highest BCUT2D eigenvalue weighted by atomic mass is 32.2.